The predicted octanol–water partition coefficient (Wildman–Crippen LogP) is 0.757. The minimum Gasteiger partial charge on any atom is -0.366 e. The van der Waals surface area contributed by atoms with Gasteiger partial charge in [-0.25, -0.2) is 5.43 Å². The monoisotopic (exact) mass is 443 g/mol. The highest BCUT2D eigenvalue weighted by molar-refractivity contribution is 5.82. The van der Waals surface area contributed by atoms with Crippen LogP contribution in [0.1, 0.15) is 44.1 Å². The number of hydrazine groups is 1. The first kappa shape index (κ1) is 23.2. The maximum atomic E-state index is 12.7. The molecule has 4 rings (SSSR count). The van der Waals surface area contributed by atoms with Gasteiger partial charge < -0.3 is 15.4 Å². The van der Waals surface area contributed by atoms with Gasteiger partial charge in [0, 0.05) is 44.7 Å². The van der Waals surface area contributed by atoms with E-state index in [1.165, 1.54) is 5.56 Å². The minimum absolute atomic E-state index is 0.0102. The number of ether oxygens (including phenoxy) is 1. The van der Waals surface area contributed by atoms with Crippen LogP contribution in [-0.4, -0.2) is 74.2 Å². The SMILES string of the molecule is CNC(=O)C1NNC2CC(N3CCOC(C(=O)NCCC(C)c4ccccc4)C3)CCC21. The lowest BCUT2D eigenvalue weighted by molar-refractivity contribution is -0.140. The summed E-state index contributed by atoms with van der Waals surface area (Å²) >= 11 is 0. The van der Waals surface area contributed by atoms with E-state index in [0.29, 0.717) is 37.6 Å². The molecular formula is C24H37N5O3. The van der Waals surface area contributed by atoms with Crippen LogP contribution in [0, 0.1) is 5.92 Å². The molecule has 176 valence electrons. The molecule has 0 spiro atoms. The Bertz CT molecular complexity index is 776. The van der Waals surface area contributed by atoms with Crippen LogP contribution in [-0.2, 0) is 14.3 Å². The maximum absolute atomic E-state index is 12.7. The van der Waals surface area contributed by atoms with E-state index in [1.807, 2.05) is 6.07 Å². The van der Waals surface area contributed by atoms with Crippen LogP contribution in [0.4, 0.5) is 0 Å². The summed E-state index contributed by atoms with van der Waals surface area (Å²) in [6.45, 7) is 4.91. The van der Waals surface area contributed by atoms with Crippen LogP contribution >= 0.6 is 0 Å². The molecule has 1 aromatic carbocycles. The average molecular weight is 444 g/mol. The number of carbonyl (C=O) groups excluding carboxylic acids is 2. The first-order valence-corrected chi connectivity index (χ1v) is 12.0. The lowest BCUT2D eigenvalue weighted by Crippen LogP contribution is -2.55. The number of benzene rings is 1. The Balaban J connectivity index is 1.23. The molecule has 2 amide bonds. The normalized spacial score (nSPS) is 31.5. The van der Waals surface area contributed by atoms with E-state index in [0.717, 1.165) is 32.2 Å². The summed E-state index contributed by atoms with van der Waals surface area (Å²) in [5.41, 5.74) is 7.80. The number of nitrogens with one attached hydrogen (secondary N) is 4. The van der Waals surface area contributed by atoms with Crippen molar-refractivity contribution in [3.63, 3.8) is 0 Å². The molecule has 0 bridgehead atoms. The minimum atomic E-state index is -0.415. The van der Waals surface area contributed by atoms with Crippen LogP contribution in [0.15, 0.2) is 30.3 Å². The summed E-state index contributed by atoms with van der Waals surface area (Å²) in [6.07, 6.45) is 3.51. The third-order valence-corrected chi connectivity index (χ3v) is 7.41. The van der Waals surface area contributed by atoms with Crippen molar-refractivity contribution in [1.29, 1.82) is 0 Å². The summed E-state index contributed by atoms with van der Waals surface area (Å²) < 4.78 is 5.82. The number of likely N-dealkylation sites (N-methyl/N-ethyl adjacent to an activating group) is 1. The van der Waals surface area contributed by atoms with Crippen LogP contribution in [0.2, 0.25) is 0 Å². The highest BCUT2D eigenvalue weighted by Crippen LogP contribution is 2.33. The molecule has 32 heavy (non-hydrogen) atoms. The van der Waals surface area contributed by atoms with Crippen molar-refractivity contribution in [3.8, 4) is 0 Å². The summed E-state index contributed by atoms with van der Waals surface area (Å²) in [7, 11) is 1.68. The number of nitrogens with zero attached hydrogens (tertiary/aromatic N) is 1. The second-order valence-corrected chi connectivity index (χ2v) is 9.36. The molecule has 1 aliphatic carbocycles. The number of morpholine rings is 1. The molecule has 8 heteroatoms. The van der Waals surface area contributed by atoms with Crippen LogP contribution in [0.3, 0.4) is 0 Å². The summed E-state index contributed by atoms with van der Waals surface area (Å²) in [5, 5.41) is 5.83. The highest BCUT2D eigenvalue weighted by atomic mass is 16.5. The summed E-state index contributed by atoms with van der Waals surface area (Å²) in [5.74, 6) is 0.761. The number of rotatable bonds is 7. The number of hydrogen-bond acceptors (Lipinski definition) is 6. The van der Waals surface area contributed by atoms with Gasteiger partial charge in [0.25, 0.3) is 0 Å². The number of hydrogen-bond donors (Lipinski definition) is 4. The van der Waals surface area contributed by atoms with E-state index in [9.17, 15) is 9.59 Å². The Morgan fingerprint density at radius 2 is 2.00 bits per heavy atom. The molecule has 6 atom stereocenters. The fourth-order valence-electron chi connectivity index (χ4n) is 5.42. The third kappa shape index (κ3) is 5.31. The maximum Gasteiger partial charge on any atom is 0.250 e. The van der Waals surface area contributed by atoms with Crippen molar-refractivity contribution in [2.75, 3.05) is 33.3 Å². The van der Waals surface area contributed by atoms with Crippen molar-refractivity contribution in [1.82, 2.24) is 26.4 Å². The Morgan fingerprint density at radius 3 is 2.78 bits per heavy atom. The quantitative estimate of drug-likeness (QED) is 0.497. The standard InChI is InChI=1S/C24H37N5O3/c1-16(17-6-4-3-5-7-17)10-11-26-23(30)21-15-29(12-13-32-21)18-8-9-19-20(14-18)27-28-22(19)24(31)25-2/h3-7,16,18-22,27-28H,8-15H2,1-2H3,(H,25,31)(H,26,30). The summed E-state index contributed by atoms with van der Waals surface area (Å²) in [4.78, 5) is 27.3. The van der Waals surface area contributed by atoms with Crippen LogP contribution in [0.25, 0.3) is 0 Å². The van der Waals surface area contributed by atoms with E-state index >= 15 is 0 Å². The average Bonchev–Trinajstić information content (AvgIpc) is 3.27. The zero-order chi connectivity index (χ0) is 22.5. The van der Waals surface area contributed by atoms with Gasteiger partial charge in [-0.05, 0) is 37.2 Å². The molecule has 2 aliphatic heterocycles. The zero-order valence-electron chi connectivity index (χ0n) is 19.2. The van der Waals surface area contributed by atoms with Crippen molar-refractivity contribution < 1.29 is 14.3 Å². The fraction of sp³-hybridized carbons (Fsp3) is 0.667. The Hall–Kier alpha value is -2.00. The molecule has 1 aromatic rings. The van der Waals surface area contributed by atoms with Crippen molar-refractivity contribution in [2.24, 2.45) is 5.92 Å². The molecule has 0 aromatic heterocycles. The molecule has 2 saturated heterocycles. The molecule has 3 aliphatic rings. The molecule has 0 radical (unpaired) electrons. The predicted molar refractivity (Wildman–Crippen MR) is 123 cm³/mol. The molecule has 1 saturated carbocycles. The van der Waals surface area contributed by atoms with Gasteiger partial charge in [-0.1, -0.05) is 37.3 Å². The highest BCUT2D eigenvalue weighted by Gasteiger charge is 2.44. The van der Waals surface area contributed by atoms with E-state index in [2.05, 4.69) is 57.6 Å². The first-order valence-electron chi connectivity index (χ1n) is 12.0. The van der Waals surface area contributed by atoms with Gasteiger partial charge in [0.2, 0.25) is 11.8 Å². The second-order valence-electron chi connectivity index (χ2n) is 9.36. The van der Waals surface area contributed by atoms with Crippen molar-refractivity contribution >= 4 is 11.8 Å². The van der Waals surface area contributed by atoms with Crippen LogP contribution in [0.5, 0.6) is 0 Å². The summed E-state index contributed by atoms with van der Waals surface area (Å²) in [6, 6.07) is 10.9. The van der Waals surface area contributed by atoms with Gasteiger partial charge in [-0.3, -0.25) is 19.9 Å². The number of carbonyl (C=O) groups is 2. The lowest BCUT2D eigenvalue weighted by Gasteiger charge is -2.42. The van der Waals surface area contributed by atoms with Crippen molar-refractivity contribution in [3.05, 3.63) is 35.9 Å². The fourth-order valence-corrected chi connectivity index (χ4v) is 5.42. The second kappa shape index (κ2) is 10.7. The zero-order valence-corrected chi connectivity index (χ0v) is 19.2. The Labute approximate surface area is 190 Å². The molecule has 2 heterocycles. The van der Waals surface area contributed by atoms with E-state index in [4.69, 9.17) is 4.74 Å². The third-order valence-electron chi connectivity index (χ3n) is 7.41. The van der Waals surface area contributed by atoms with Gasteiger partial charge in [-0.2, -0.15) is 0 Å². The van der Waals surface area contributed by atoms with Gasteiger partial charge in [0.05, 0.1) is 6.61 Å². The van der Waals surface area contributed by atoms with Gasteiger partial charge in [0.15, 0.2) is 0 Å². The molecule has 6 unspecified atom stereocenters. The topological polar surface area (TPSA) is 94.7 Å². The largest absolute Gasteiger partial charge is 0.366 e. The van der Waals surface area contributed by atoms with Crippen molar-refractivity contribution in [2.45, 2.75) is 62.8 Å². The molecule has 8 nitrogen and oxygen atoms in total. The number of amides is 2. The van der Waals surface area contributed by atoms with E-state index < -0.39 is 6.10 Å². The van der Waals surface area contributed by atoms with Crippen LogP contribution < -0.4 is 21.5 Å². The van der Waals surface area contributed by atoms with Gasteiger partial charge >= 0.3 is 0 Å². The lowest BCUT2D eigenvalue weighted by atomic mass is 9.78. The first-order chi connectivity index (χ1) is 15.6. The van der Waals surface area contributed by atoms with E-state index in [-0.39, 0.29) is 23.9 Å². The van der Waals surface area contributed by atoms with Gasteiger partial charge in [-0.15, -0.1) is 0 Å². The Morgan fingerprint density at radius 1 is 1.19 bits per heavy atom. The molecular weight excluding hydrogens is 406 g/mol. The molecule has 4 N–H and O–H groups in total. The van der Waals surface area contributed by atoms with E-state index in [1.54, 1.807) is 7.05 Å². The molecule has 3 fully saturated rings. The number of fused-ring (bicyclic) bond motifs is 1. The Kier molecular flexibility index (Phi) is 7.78. The van der Waals surface area contributed by atoms with Gasteiger partial charge in [0.1, 0.15) is 12.1 Å². The smallest absolute Gasteiger partial charge is 0.250 e.